The Balaban J connectivity index is 1.68. The quantitative estimate of drug-likeness (QED) is 0.303. The minimum absolute atomic E-state index is 0.0127. The van der Waals surface area contributed by atoms with Crippen LogP contribution in [0.25, 0.3) is 0 Å². The summed E-state index contributed by atoms with van der Waals surface area (Å²) in [5.41, 5.74) is -1.68. The third-order valence-electron chi connectivity index (χ3n) is 8.34. The number of nitrogens with zero attached hydrogens (tertiary/aromatic N) is 6. The van der Waals surface area contributed by atoms with Gasteiger partial charge < -0.3 is 10.1 Å². The molecule has 2 aliphatic rings. The van der Waals surface area contributed by atoms with Crippen LogP contribution in [0.5, 0.6) is 0 Å². The van der Waals surface area contributed by atoms with Gasteiger partial charge in [0.25, 0.3) is 5.91 Å². The summed E-state index contributed by atoms with van der Waals surface area (Å²) in [7, 11) is 0. The molecule has 1 aliphatic heterocycles. The molecule has 0 radical (unpaired) electrons. The summed E-state index contributed by atoms with van der Waals surface area (Å²) in [6.07, 6.45) is -1.01. The molecule has 2 fully saturated rings. The topological polar surface area (TPSA) is 149 Å². The van der Waals surface area contributed by atoms with E-state index in [1.165, 1.54) is 36.5 Å². The average Bonchev–Trinajstić information content (AvgIpc) is 3.06. The molecule has 2 atom stereocenters. The SMILES string of the molecule is CC(C)(C)OC(=O)N1CC(=O)N(c2nccc(C#N)n2)[C@H](C(=O)N(c2cc(F)cc(F)c2)[C@H](C(=O)NC2CCC(F)(F)CC2)c2ccccc2Cl)C1. The predicted octanol–water partition coefficient (Wildman–Crippen LogP) is 5.70. The van der Waals surface area contributed by atoms with Crippen molar-refractivity contribution >= 4 is 47.1 Å². The first kappa shape index (κ1) is 37.9. The second kappa shape index (κ2) is 15.1. The van der Waals surface area contributed by atoms with Gasteiger partial charge in [-0.05, 0) is 57.9 Å². The van der Waals surface area contributed by atoms with Gasteiger partial charge in [0.2, 0.25) is 23.7 Å². The smallest absolute Gasteiger partial charge is 0.410 e. The first-order valence-electron chi connectivity index (χ1n) is 16.2. The molecule has 1 aliphatic carbocycles. The van der Waals surface area contributed by atoms with E-state index in [9.17, 15) is 37.2 Å². The van der Waals surface area contributed by atoms with Gasteiger partial charge in [-0.1, -0.05) is 29.8 Å². The van der Waals surface area contributed by atoms with Gasteiger partial charge in [0.15, 0.2) is 0 Å². The minimum Gasteiger partial charge on any atom is -0.444 e. The lowest BCUT2D eigenvalue weighted by atomic mass is 9.91. The Morgan fingerprint density at radius 1 is 1.10 bits per heavy atom. The molecular weight excluding hydrogens is 710 g/mol. The standard InChI is InChI=1S/C35H34ClF4N7O5/c1-34(2,3)52-33(51)45-18-27(47(28(48)19-45)32-42-13-10-23(17-41)44-32)31(50)46(24-15-20(37)14-21(38)16-24)29(25-6-4-5-7-26(25)36)30(49)43-22-8-11-35(39,40)12-9-22/h4-7,10,13-16,22,27,29H,8-9,11-12,18-19H2,1-3H3,(H,43,49)/t27-,29-/m0/s1. The molecule has 17 heteroatoms. The van der Waals surface area contributed by atoms with Crippen LogP contribution in [-0.4, -0.2) is 75.4 Å². The van der Waals surface area contributed by atoms with E-state index in [0.29, 0.717) is 6.07 Å². The number of rotatable bonds is 7. The van der Waals surface area contributed by atoms with Crippen LogP contribution < -0.4 is 15.1 Å². The number of ether oxygens (including phenoxy) is 1. The van der Waals surface area contributed by atoms with Crippen molar-refractivity contribution < 1.29 is 41.5 Å². The lowest BCUT2D eigenvalue weighted by molar-refractivity contribution is -0.131. The first-order valence-corrected chi connectivity index (χ1v) is 16.6. The lowest BCUT2D eigenvalue weighted by Crippen LogP contribution is -2.65. The predicted molar refractivity (Wildman–Crippen MR) is 179 cm³/mol. The van der Waals surface area contributed by atoms with Crippen LogP contribution in [0.15, 0.2) is 54.7 Å². The summed E-state index contributed by atoms with van der Waals surface area (Å²) < 4.78 is 63.4. The third kappa shape index (κ3) is 8.76. The van der Waals surface area contributed by atoms with E-state index >= 15 is 4.79 Å². The van der Waals surface area contributed by atoms with Gasteiger partial charge >= 0.3 is 6.09 Å². The van der Waals surface area contributed by atoms with Gasteiger partial charge in [-0.25, -0.2) is 32.3 Å². The van der Waals surface area contributed by atoms with Gasteiger partial charge in [0, 0.05) is 41.7 Å². The number of halogens is 5. The number of hydrogen-bond acceptors (Lipinski definition) is 8. The largest absolute Gasteiger partial charge is 0.444 e. The number of carbonyl (C=O) groups is 4. The molecule has 0 unspecified atom stereocenters. The molecule has 2 heterocycles. The van der Waals surface area contributed by atoms with Gasteiger partial charge in [0.1, 0.15) is 47.6 Å². The van der Waals surface area contributed by atoms with Crippen LogP contribution in [0.2, 0.25) is 5.02 Å². The normalized spacial score (nSPS) is 18.3. The highest BCUT2D eigenvalue weighted by atomic mass is 35.5. The monoisotopic (exact) mass is 743 g/mol. The second-order valence-corrected chi connectivity index (χ2v) is 13.8. The molecule has 0 bridgehead atoms. The van der Waals surface area contributed by atoms with Crippen LogP contribution in [0.4, 0.5) is 34.0 Å². The Kier molecular flexibility index (Phi) is 11.0. The number of nitriles is 1. The molecule has 3 aromatic rings. The first-order chi connectivity index (χ1) is 24.5. The fourth-order valence-corrected chi connectivity index (χ4v) is 6.24. The summed E-state index contributed by atoms with van der Waals surface area (Å²) in [6.45, 7) is 3.57. The Morgan fingerprint density at radius 3 is 2.37 bits per heavy atom. The minimum atomic E-state index is -2.92. The van der Waals surface area contributed by atoms with Gasteiger partial charge in [-0.15, -0.1) is 0 Å². The van der Waals surface area contributed by atoms with Gasteiger partial charge in [0.05, 0.1) is 12.2 Å². The van der Waals surface area contributed by atoms with Crippen molar-refractivity contribution in [3.63, 3.8) is 0 Å². The number of piperazine rings is 1. The van der Waals surface area contributed by atoms with E-state index in [2.05, 4.69) is 15.3 Å². The average molecular weight is 744 g/mol. The van der Waals surface area contributed by atoms with E-state index in [-0.39, 0.29) is 29.1 Å². The highest BCUT2D eigenvalue weighted by Gasteiger charge is 2.47. The van der Waals surface area contributed by atoms with Crippen LogP contribution in [0.3, 0.4) is 0 Å². The van der Waals surface area contributed by atoms with Crippen molar-refractivity contribution in [3.05, 3.63) is 82.6 Å². The highest BCUT2D eigenvalue weighted by Crippen LogP contribution is 2.37. The van der Waals surface area contributed by atoms with Crippen molar-refractivity contribution in [2.45, 2.75) is 76.1 Å². The summed E-state index contributed by atoms with van der Waals surface area (Å²) in [5, 5.41) is 12.2. The number of aromatic nitrogens is 2. The van der Waals surface area contributed by atoms with Crippen LogP contribution >= 0.6 is 11.6 Å². The highest BCUT2D eigenvalue weighted by molar-refractivity contribution is 6.31. The second-order valence-electron chi connectivity index (χ2n) is 13.4. The number of amides is 4. The van der Waals surface area contributed by atoms with Crippen molar-refractivity contribution in [2.75, 3.05) is 22.9 Å². The van der Waals surface area contributed by atoms with Crippen molar-refractivity contribution in [3.8, 4) is 6.07 Å². The summed E-state index contributed by atoms with van der Waals surface area (Å²) in [6, 6.07) is 6.70. The third-order valence-corrected chi connectivity index (χ3v) is 8.69. The lowest BCUT2D eigenvalue weighted by Gasteiger charge is -2.42. The maximum Gasteiger partial charge on any atom is 0.410 e. The molecule has 2 aromatic carbocycles. The fourth-order valence-electron chi connectivity index (χ4n) is 6.00. The molecular formula is C35H34ClF4N7O5. The molecule has 52 heavy (non-hydrogen) atoms. The number of anilines is 2. The maximum atomic E-state index is 15.1. The van der Waals surface area contributed by atoms with Gasteiger partial charge in [-0.3, -0.25) is 29.1 Å². The van der Waals surface area contributed by atoms with E-state index in [0.717, 1.165) is 26.8 Å². The molecule has 12 nitrogen and oxygen atoms in total. The van der Waals surface area contributed by atoms with Crippen molar-refractivity contribution in [2.24, 2.45) is 0 Å². The van der Waals surface area contributed by atoms with E-state index < -0.39 is 103 Å². The van der Waals surface area contributed by atoms with E-state index in [4.69, 9.17) is 16.3 Å². The molecule has 1 N–H and O–H groups in total. The van der Waals surface area contributed by atoms with Crippen LogP contribution in [-0.2, 0) is 19.1 Å². The maximum absolute atomic E-state index is 15.1. The molecule has 1 aromatic heterocycles. The summed E-state index contributed by atoms with van der Waals surface area (Å²) in [4.78, 5) is 67.3. The molecule has 4 amide bonds. The van der Waals surface area contributed by atoms with Gasteiger partial charge in [-0.2, -0.15) is 5.26 Å². The fraction of sp³-hybridized carbons (Fsp3) is 0.400. The Labute approximate surface area is 301 Å². The Bertz CT molecular complexity index is 1890. The molecule has 274 valence electrons. The molecule has 1 saturated carbocycles. The molecule has 0 spiro atoms. The Hall–Kier alpha value is -5.30. The number of carbonyl (C=O) groups excluding carboxylic acids is 4. The van der Waals surface area contributed by atoms with Crippen LogP contribution in [0.1, 0.15) is 63.8 Å². The summed E-state index contributed by atoms with van der Waals surface area (Å²) >= 11 is 6.59. The molecule has 1 saturated heterocycles. The van der Waals surface area contributed by atoms with E-state index in [1.807, 2.05) is 6.07 Å². The van der Waals surface area contributed by atoms with Crippen molar-refractivity contribution in [1.29, 1.82) is 5.26 Å². The summed E-state index contributed by atoms with van der Waals surface area (Å²) in [5.74, 6) is -8.55. The zero-order valence-corrected chi connectivity index (χ0v) is 29.0. The zero-order chi connectivity index (χ0) is 38.0. The number of benzene rings is 2. The Morgan fingerprint density at radius 2 is 1.75 bits per heavy atom. The van der Waals surface area contributed by atoms with Crippen molar-refractivity contribution in [1.82, 2.24) is 20.2 Å². The number of nitrogens with one attached hydrogen (secondary N) is 1. The van der Waals surface area contributed by atoms with E-state index in [1.54, 1.807) is 20.8 Å². The number of hydrogen-bond donors (Lipinski definition) is 1. The number of alkyl halides is 2. The zero-order valence-electron chi connectivity index (χ0n) is 28.3. The van der Waals surface area contributed by atoms with Crippen LogP contribution in [0, 0.1) is 23.0 Å². The molecule has 5 rings (SSSR count).